The molecule has 0 bridgehead atoms. The fraction of sp³-hybridized carbons (Fsp3) is 0.440. The number of rotatable bonds is 8. The van der Waals surface area contributed by atoms with Crippen molar-refractivity contribution < 1.29 is 9.53 Å². The number of ether oxygens (including phenoxy) is 1. The van der Waals surface area contributed by atoms with Gasteiger partial charge in [-0.05, 0) is 80.5 Å². The van der Waals surface area contributed by atoms with Gasteiger partial charge in [0, 0.05) is 23.7 Å². The fourth-order valence-electron chi connectivity index (χ4n) is 4.24. The van der Waals surface area contributed by atoms with E-state index in [2.05, 4.69) is 31.8 Å². The van der Waals surface area contributed by atoms with Crippen LogP contribution in [0, 0.1) is 30.1 Å². The Kier molecular flexibility index (Phi) is 7.48. The first-order chi connectivity index (χ1) is 16.5. The van der Waals surface area contributed by atoms with Crippen LogP contribution in [0.1, 0.15) is 54.4 Å². The van der Waals surface area contributed by atoms with E-state index in [4.69, 9.17) is 10.00 Å². The second-order valence-corrected chi connectivity index (χ2v) is 8.66. The molecule has 0 atom stereocenters. The number of carbonyl (C=O) groups excluding carboxylic acids is 1. The Morgan fingerprint density at radius 3 is 2.82 bits per heavy atom. The highest BCUT2D eigenvalue weighted by molar-refractivity contribution is 5.93. The van der Waals surface area contributed by atoms with E-state index in [-0.39, 0.29) is 11.8 Å². The summed E-state index contributed by atoms with van der Waals surface area (Å²) in [4.78, 5) is 18.8. The fourth-order valence-corrected chi connectivity index (χ4v) is 4.24. The summed E-state index contributed by atoms with van der Waals surface area (Å²) in [6, 6.07) is 13.5. The Bertz CT molecular complexity index is 1180. The maximum Gasteiger partial charge on any atom is 0.270 e. The molecule has 3 aromatic rings. The lowest BCUT2D eigenvalue weighted by molar-refractivity contribution is 0.0945. The lowest BCUT2D eigenvalue weighted by Crippen LogP contribution is -2.24. The molecular formula is C25H29N7O2. The maximum atomic E-state index is 12.8. The Morgan fingerprint density at radius 2 is 2.06 bits per heavy atom. The van der Waals surface area contributed by atoms with Crippen molar-refractivity contribution in [2.75, 3.05) is 6.61 Å². The minimum atomic E-state index is -0.270. The van der Waals surface area contributed by atoms with E-state index in [9.17, 15) is 4.79 Å². The van der Waals surface area contributed by atoms with Crippen molar-refractivity contribution in [1.82, 2.24) is 30.5 Å². The van der Waals surface area contributed by atoms with Gasteiger partial charge in [-0.2, -0.15) is 10.1 Å². The van der Waals surface area contributed by atoms with Crippen LogP contribution < -0.4 is 10.1 Å². The largest absolute Gasteiger partial charge is 0.494 e. The van der Waals surface area contributed by atoms with Gasteiger partial charge < -0.3 is 10.1 Å². The van der Waals surface area contributed by atoms with Gasteiger partial charge in [0.1, 0.15) is 11.4 Å². The normalized spacial score (nSPS) is 17.7. The van der Waals surface area contributed by atoms with Crippen LogP contribution >= 0.6 is 0 Å². The molecule has 0 aliphatic heterocycles. The summed E-state index contributed by atoms with van der Waals surface area (Å²) in [5.74, 6) is 1.60. The van der Waals surface area contributed by atoms with Gasteiger partial charge in [0.15, 0.2) is 0 Å². The first-order valence-electron chi connectivity index (χ1n) is 11.7. The molecule has 0 saturated heterocycles. The molecular weight excluding hydrogens is 430 g/mol. The van der Waals surface area contributed by atoms with Crippen LogP contribution in [-0.4, -0.2) is 37.7 Å². The minimum Gasteiger partial charge on any atom is -0.494 e. The summed E-state index contributed by atoms with van der Waals surface area (Å²) in [6.07, 6.45) is 3.86. The summed E-state index contributed by atoms with van der Waals surface area (Å²) in [7, 11) is 0. The Hall–Kier alpha value is -3.80. The van der Waals surface area contributed by atoms with Crippen LogP contribution in [0.4, 0.5) is 0 Å². The van der Waals surface area contributed by atoms with Crippen molar-refractivity contribution in [1.29, 1.82) is 5.26 Å². The molecule has 176 valence electrons. The molecule has 4 rings (SSSR count). The number of hydrogen-bond acceptors (Lipinski definition) is 7. The topological polar surface area (TPSA) is 119 Å². The number of nitriles is 1. The molecule has 2 aromatic heterocycles. The van der Waals surface area contributed by atoms with Crippen LogP contribution in [0.2, 0.25) is 0 Å². The Labute approximate surface area is 199 Å². The molecule has 2 heterocycles. The van der Waals surface area contributed by atoms with E-state index in [1.165, 1.54) is 0 Å². The van der Waals surface area contributed by atoms with E-state index in [1.54, 1.807) is 10.9 Å². The number of carbonyl (C=O) groups is 1. The molecule has 1 aliphatic carbocycles. The second kappa shape index (κ2) is 10.9. The maximum absolute atomic E-state index is 12.8. The predicted molar refractivity (Wildman–Crippen MR) is 126 cm³/mol. The standard InChI is InChI=1S/C25H29N7O2/c1-3-34-22-6-4-5-20(12-22)15-27-25(33)23-13-21(11-17(2)28-23)24-29-31-32(30-24)16-19-9-7-18(14-26)8-10-19/h4-6,11-13,18-19H,3,7-10,15-16H2,1-2H3,(H,27,33). The third-order valence-electron chi connectivity index (χ3n) is 6.01. The van der Waals surface area contributed by atoms with E-state index in [0.717, 1.165) is 37.0 Å². The third kappa shape index (κ3) is 5.95. The SMILES string of the molecule is CCOc1cccc(CNC(=O)c2cc(-c3nnn(CC4CCC(C#N)CC4)n3)cc(C)n2)c1. The van der Waals surface area contributed by atoms with Crippen molar-refractivity contribution >= 4 is 5.91 Å². The van der Waals surface area contributed by atoms with Gasteiger partial charge in [-0.1, -0.05) is 12.1 Å². The summed E-state index contributed by atoms with van der Waals surface area (Å²) in [5.41, 5.74) is 2.66. The van der Waals surface area contributed by atoms with E-state index >= 15 is 0 Å². The zero-order chi connectivity index (χ0) is 23.9. The molecule has 1 fully saturated rings. The summed E-state index contributed by atoms with van der Waals surface area (Å²) in [5, 5.41) is 24.9. The monoisotopic (exact) mass is 459 g/mol. The van der Waals surface area contributed by atoms with E-state index in [0.29, 0.717) is 48.4 Å². The predicted octanol–water partition coefficient (Wildman–Crippen LogP) is 3.70. The van der Waals surface area contributed by atoms with E-state index in [1.807, 2.05) is 44.2 Å². The number of amides is 1. The van der Waals surface area contributed by atoms with Crippen molar-refractivity contribution in [3.8, 4) is 23.2 Å². The second-order valence-electron chi connectivity index (χ2n) is 8.66. The Morgan fingerprint density at radius 1 is 1.24 bits per heavy atom. The highest BCUT2D eigenvalue weighted by atomic mass is 16.5. The molecule has 1 aromatic carbocycles. The smallest absolute Gasteiger partial charge is 0.270 e. The van der Waals surface area contributed by atoms with Gasteiger partial charge in [0.05, 0.1) is 19.2 Å². The number of benzene rings is 1. The highest BCUT2D eigenvalue weighted by Gasteiger charge is 2.22. The first kappa shape index (κ1) is 23.4. The lowest BCUT2D eigenvalue weighted by atomic mass is 9.83. The van der Waals surface area contributed by atoms with Crippen LogP contribution in [0.15, 0.2) is 36.4 Å². The van der Waals surface area contributed by atoms with Gasteiger partial charge >= 0.3 is 0 Å². The molecule has 0 spiro atoms. The van der Waals surface area contributed by atoms with Gasteiger partial charge in [-0.15, -0.1) is 10.2 Å². The van der Waals surface area contributed by atoms with Crippen LogP contribution in [0.3, 0.4) is 0 Å². The van der Waals surface area contributed by atoms with Gasteiger partial charge in [-0.25, -0.2) is 4.98 Å². The van der Waals surface area contributed by atoms with Crippen molar-refractivity contribution in [2.24, 2.45) is 11.8 Å². The van der Waals surface area contributed by atoms with Gasteiger partial charge in [0.25, 0.3) is 5.91 Å². The molecule has 9 nitrogen and oxygen atoms in total. The summed E-state index contributed by atoms with van der Waals surface area (Å²) < 4.78 is 5.52. The number of tetrazole rings is 1. The van der Waals surface area contributed by atoms with Crippen LogP contribution in [-0.2, 0) is 13.1 Å². The molecule has 1 amide bonds. The quantitative estimate of drug-likeness (QED) is 0.545. The third-order valence-corrected chi connectivity index (χ3v) is 6.01. The minimum absolute atomic E-state index is 0.175. The number of hydrogen-bond donors (Lipinski definition) is 1. The first-order valence-corrected chi connectivity index (χ1v) is 11.7. The number of aromatic nitrogens is 5. The average Bonchev–Trinajstić information content (AvgIpc) is 3.32. The van der Waals surface area contributed by atoms with Crippen LogP contribution in [0.25, 0.3) is 11.4 Å². The van der Waals surface area contributed by atoms with Gasteiger partial charge in [0.2, 0.25) is 5.82 Å². The molecule has 0 unspecified atom stereocenters. The van der Waals surface area contributed by atoms with Crippen molar-refractivity contribution in [3.05, 3.63) is 53.3 Å². The summed E-state index contributed by atoms with van der Waals surface area (Å²) in [6.45, 7) is 5.41. The lowest BCUT2D eigenvalue weighted by Gasteiger charge is -2.23. The van der Waals surface area contributed by atoms with Crippen molar-refractivity contribution in [2.45, 2.75) is 52.6 Å². The average molecular weight is 460 g/mol. The number of nitrogens with one attached hydrogen (secondary N) is 1. The van der Waals surface area contributed by atoms with Gasteiger partial charge in [-0.3, -0.25) is 4.79 Å². The zero-order valence-corrected chi connectivity index (χ0v) is 19.6. The molecule has 9 heteroatoms. The number of aryl methyl sites for hydroxylation is 1. The van der Waals surface area contributed by atoms with E-state index < -0.39 is 0 Å². The molecule has 1 saturated carbocycles. The Balaban J connectivity index is 1.40. The van der Waals surface area contributed by atoms with Crippen LogP contribution in [0.5, 0.6) is 5.75 Å². The highest BCUT2D eigenvalue weighted by Crippen LogP contribution is 2.29. The molecule has 0 radical (unpaired) electrons. The molecule has 1 N–H and O–H groups in total. The van der Waals surface area contributed by atoms with Crippen molar-refractivity contribution in [3.63, 3.8) is 0 Å². The number of pyridine rings is 1. The molecule has 1 aliphatic rings. The summed E-state index contributed by atoms with van der Waals surface area (Å²) >= 11 is 0. The zero-order valence-electron chi connectivity index (χ0n) is 19.6. The molecule has 34 heavy (non-hydrogen) atoms. The number of nitrogens with zero attached hydrogens (tertiary/aromatic N) is 6.